The van der Waals surface area contributed by atoms with Crippen LogP contribution in [0.4, 0.5) is 5.69 Å². The average Bonchev–Trinajstić information content (AvgIpc) is 2.49. The molecular weight excluding hydrogens is 270 g/mol. The molecule has 2 heterocycles. The Labute approximate surface area is 124 Å². The van der Waals surface area contributed by atoms with Crippen molar-refractivity contribution in [1.29, 1.82) is 0 Å². The first-order valence-electron chi connectivity index (χ1n) is 7.24. The van der Waals surface area contributed by atoms with E-state index in [1.165, 1.54) is 4.90 Å². The SMILES string of the molecule is NC1CCN(CC(=O)N2CCSc3ccccc32)CC1. The van der Waals surface area contributed by atoms with Gasteiger partial charge in [0.25, 0.3) is 0 Å². The predicted molar refractivity (Wildman–Crippen MR) is 83.2 cm³/mol. The van der Waals surface area contributed by atoms with Crippen molar-refractivity contribution in [3.63, 3.8) is 0 Å². The zero-order valence-corrected chi connectivity index (χ0v) is 12.4. The number of carbonyl (C=O) groups is 1. The van der Waals surface area contributed by atoms with Crippen molar-refractivity contribution in [2.45, 2.75) is 23.8 Å². The van der Waals surface area contributed by atoms with E-state index in [0.29, 0.717) is 12.6 Å². The number of carbonyl (C=O) groups excluding carboxylic acids is 1. The van der Waals surface area contributed by atoms with Crippen molar-refractivity contribution in [2.75, 3.05) is 36.8 Å². The highest BCUT2D eigenvalue weighted by molar-refractivity contribution is 7.99. The third kappa shape index (κ3) is 3.00. The Kier molecular flexibility index (Phi) is 4.29. The number of piperidine rings is 1. The minimum absolute atomic E-state index is 0.216. The second-order valence-corrected chi connectivity index (χ2v) is 6.61. The minimum Gasteiger partial charge on any atom is -0.328 e. The van der Waals surface area contributed by atoms with Crippen LogP contribution in [0.15, 0.2) is 29.2 Å². The number of para-hydroxylation sites is 1. The number of nitrogens with two attached hydrogens (primary N) is 1. The van der Waals surface area contributed by atoms with Crippen LogP contribution in [0, 0.1) is 0 Å². The van der Waals surface area contributed by atoms with Crippen LogP contribution in [-0.4, -0.2) is 48.8 Å². The fourth-order valence-corrected chi connectivity index (χ4v) is 3.81. The molecule has 2 N–H and O–H groups in total. The lowest BCUT2D eigenvalue weighted by molar-refractivity contribution is -0.120. The third-order valence-electron chi connectivity index (χ3n) is 4.02. The van der Waals surface area contributed by atoms with Crippen LogP contribution in [0.5, 0.6) is 0 Å². The molecule has 5 heteroatoms. The largest absolute Gasteiger partial charge is 0.328 e. The Morgan fingerprint density at radius 2 is 2.00 bits per heavy atom. The van der Waals surface area contributed by atoms with Crippen LogP contribution in [0.25, 0.3) is 0 Å². The Bertz CT molecular complexity index is 486. The molecule has 20 heavy (non-hydrogen) atoms. The highest BCUT2D eigenvalue weighted by Gasteiger charge is 2.25. The number of hydrogen-bond donors (Lipinski definition) is 1. The van der Waals surface area contributed by atoms with Gasteiger partial charge in [0.15, 0.2) is 0 Å². The molecule has 0 unspecified atom stereocenters. The van der Waals surface area contributed by atoms with Gasteiger partial charge in [-0.05, 0) is 25.0 Å². The molecule has 0 aromatic heterocycles. The number of hydrogen-bond acceptors (Lipinski definition) is 4. The summed E-state index contributed by atoms with van der Waals surface area (Å²) in [6.45, 7) is 3.22. The highest BCUT2D eigenvalue weighted by Crippen LogP contribution is 2.34. The second kappa shape index (κ2) is 6.16. The summed E-state index contributed by atoms with van der Waals surface area (Å²) in [6.07, 6.45) is 2.00. The van der Waals surface area contributed by atoms with Gasteiger partial charge in [0.1, 0.15) is 0 Å². The smallest absolute Gasteiger partial charge is 0.241 e. The number of anilines is 1. The van der Waals surface area contributed by atoms with Crippen LogP contribution in [-0.2, 0) is 4.79 Å². The highest BCUT2D eigenvalue weighted by atomic mass is 32.2. The summed E-state index contributed by atoms with van der Waals surface area (Å²) in [5, 5.41) is 0. The van der Waals surface area contributed by atoms with Gasteiger partial charge < -0.3 is 10.6 Å². The van der Waals surface area contributed by atoms with Gasteiger partial charge in [-0.2, -0.15) is 0 Å². The molecule has 4 nitrogen and oxygen atoms in total. The topological polar surface area (TPSA) is 49.6 Å². The first-order valence-corrected chi connectivity index (χ1v) is 8.23. The fourth-order valence-electron chi connectivity index (χ4n) is 2.82. The van der Waals surface area contributed by atoms with E-state index in [2.05, 4.69) is 11.0 Å². The number of thioether (sulfide) groups is 1. The normalized spacial score (nSPS) is 20.8. The summed E-state index contributed by atoms with van der Waals surface area (Å²) in [5.41, 5.74) is 6.98. The monoisotopic (exact) mass is 291 g/mol. The molecule has 0 radical (unpaired) electrons. The first-order chi connectivity index (χ1) is 9.74. The number of fused-ring (bicyclic) bond motifs is 1. The summed E-state index contributed by atoms with van der Waals surface area (Å²) in [4.78, 5) is 17.9. The lowest BCUT2D eigenvalue weighted by atomic mass is 10.1. The van der Waals surface area contributed by atoms with Crippen molar-refractivity contribution in [3.05, 3.63) is 24.3 Å². The first kappa shape index (κ1) is 13.9. The lowest BCUT2D eigenvalue weighted by Gasteiger charge is -2.33. The zero-order valence-electron chi connectivity index (χ0n) is 11.6. The summed E-state index contributed by atoms with van der Waals surface area (Å²) in [6, 6.07) is 8.50. The molecule has 0 saturated carbocycles. The molecule has 2 aliphatic heterocycles. The van der Waals surface area contributed by atoms with Crippen LogP contribution in [0.1, 0.15) is 12.8 Å². The van der Waals surface area contributed by atoms with E-state index >= 15 is 0 Å². The van der Waals surface area contributed by atoms with Gasteiger partial charge in [0.2, 0.25) is 5.91 Å². The van der Waals surface area contributed by atoms with Crippen LogP contribution in [0.2, 0.25) is 0 Å². The molecule has 1 aromatic carbocycles. The molecule has 2 aliphatic rings. The molecule has 0 spiro atoms. The van der Waals surface area contributed by atoms with Gasteiger partial charge in [-0.1, -0.05) is 12.1 Å². The average molecular weight is 291 g/mol. The van der Waals surface area contributed by atoms with E-state index in [1.807, 2.05) is 34.9 Å². The summed E-state index contributed by atoms with van der Waals surface area (Å²) in [7, 11) is 0. The molecule has 1 aromatic rings. The second-order valence-electron chi connectivity index (χ2n) is 5.48. The molecule has 1 amide bonds. The molecule has 1 saturated heterocycles. The Morgan fingerprint density at radius 1 is 1.25 bits per heavy atom. The van der Waals surface area contributed by atoms with Crippen LogP contribution < -0.4 is 10.6 Å². The molecule has 0 atom stereocenters. The number of benzene rings is 1. The van der Waals surface area contributed by atoms with E-state index in [1.54, 1.807) is 0 Å². The molecule has 108 valence electrons. The Balaban J connectivity index is 1.66. The van der Waals surface area contributed by atoms with Crippen LogP contribution in [0.3, 0.4) is 0 Å². The van der Waals surface area contributed by atoms with Gasteiger partial charge in [-0.3, -0.25) is 9.69 Å². The molecule has 0 bridgehead atoms. The Morgan fingerprint density at radius 3 is 2.80 bits per heavy atom. The Hall–Kier alpha value is -1.04. The van der Waals surface area contributed by atoms with Gasteiger partial charge in [0, 0.05) is 36.3 Å². The summed E-state index contributed by atoms with van der Waals surface area (Å²) < 4.78 is 0. The van der Waals surface area contributed by atoms with E-state index in [4.69, 9.17) is 5.73 Å². The molecule has 1 fully saturated rings. The number of nitrogens with zero attached hydrogens (tertiary/aromatic N) is 2. The summed E-state index contributed by atoms with van der Waals surface area (Å²) >= 11 is 1.83. The van der Waals surface area contributed by atoms with Gasteiger partial charge >= 0.3 is 0 Å². The number of rotatable bonds is 2. The third-order valence-corrected chi connectivity index (χ3v) is 5.06. The maximum absolute atomic E-state index is 12.6. The lowest BCUT2D eigenvalue weighted by Crippen LogP contribution is -2.47. The molecule has 3 rings (SSSR count). The predicted octanol–water partition coefficient (Wildman–Crippen LogP) is 1.55. The van der Waals surface area contributed by atoms with E-state index in [9.17, 15) is 4.79 Å². The van der Waals surface area contributed by atoms with E-state index in [-0.39, 0.29) is 5.91 Å². The maximum atomic E-state index is 12.6. The van der Waals surface area contributed by atoms with Crippen molar-refractivity contribution in [3.8, 4) is 0 Å². The number of amides is 1. The number of likely N-dealkylation sites (tertiary alicyclic amines) is 1. The molecular formula is C15H21N3OS. The standard InChI is InChI=1S/C15H21N3OS/c16-12-5-7-17(8-6-12)11-15(19)18-9-10-20-14-4-2-1-3-13(14)18/h1-4,12H,5-11,16H2. The fraction of sp³-hybridized carbons (Fsp3) is 0.533. The van der Waals surface area contributed by atoms with Crippen molar-refractivity contribution in [1.82, 2.24) is 4.90 Å². The van der Waals surface area contributed by atoms with E-state index < -0.39 is 0 Å². The quantitative estimate of drug-likeness (QED) is 0.898. The van der Waals surface area contributed by atoms with Gasteiger partial charge in [-0.15, -0.1) is 11.8 Å². The summed E-state index contributed by atoms with van der Waals surface area (Å²) in [5.74, 6) is 1.20. The van der Waals surface area contributed by atoms with Crippen molar-refractivity contribution in [2.24, 2.45) is 5.73 Å². The minimum atomic E-state index is 0.216. The van der Waals surface area contributed by atoms with Crippen LogP contribution >= 0.6 is 11.8 Å². The van der Waals surface area contributed by atoms with Gasteiger partial charge in [0.05, 0.1) is 12.2 Å². The zero-order chi connectivity index (χ0) is 13.9. The van der Waals surface area contributed by atoms with E-state index in [0.717, 1.165) is 43.9 Å². The van der Waals surface area contributed by atoms with Crippen molar-refractivity contribution < 1.29 is 4.79 Å². The van der Waals surface area contributed by atoms with Crippen molar-refractivity contribution >= 4 is 23.4 Å². The molecule has 0 aliphatic carbocycles. The van der Waals surface area contributed by atoms with Gasteiger partial charge in [-0.25, -0.2) is 0 Å². The maximum Gasteiger partial charge on any atom is 0.241 e.